The Labute approximate surface area is 128 Å². The highest BCUT2D eigenvalue weighted by molar-refractivity contribution is 7.89. The van der Waals surface area contributed by atoms with Gasteiger partial charge < -0.3 is 0 Å². The third-order valence-electron chi connectivity index (χ3n) is 2.91. The molecule has 0 saturated carbocycles. The van der Waals surface area contributed by atoms with Crippen molar-refractivity contribution in [2.45, 2.75) is 37.6 Å². The second kappa shape index (κ2) is 6.89. The van der Waals surface area contributed by atoms with Crippen molar-refractivity contribution >= 4 is 27.3 Å². The number of benzene rings is 1. The summed E-state index contributed by atoms with van der Waals surface area (Å²) in [6.07, 6.45) is 5.94. The van der Waals surface area contributed by atoms with E-state index in [1.807, 2.05) is 0 Å². The molecule has 0 bridgehead atoms. The number of halogens is 1. The van der Waals surface area contributed by atoms with E-state index in [-0.39, 0.29) is 16.3 Å². The molecule has 0 spiro atoms. The van der Waals surface area contributed by atoms with Crippen molar-refractivity contribution in [1.29, 1.82) is 0 Å². The van der Waals surface area contributed by atoms with Crippen molar-refractivity contribution in [3.63, 3.8) is 0 Å². The van der Waals surface area contributed by atoms with E-state index in [9.17, 15) is 18.5 Å². The summed E-state index contributed by atoms with van der Waals surface area (Å²) in [6, 6.07) is 1.80. The number of rotatable bonds is 6. The molecule has 0 fully saturated rings. The lowest BCUT2D eigenvalue weighted by molar-refractivity contribution is -0.384. The van der Waals surface area contributed by atoms with Crippen LogP contribution in [0.3, 0.4) is 0 Å². The minimum atomic E-state index is -3.91. The fourth-order valence-electron chi connectivity index (χ4n) is 1.77. The Kier molecular flexibility index (Phi) is 5.72. The van der Waals surface area contributed by atoms with Gasteiger partial charge in [0.1, 0.15) is 5.02 Å². The van der Waals surface area contributed by atoms with Gasteiger partial charge in [-0.3, -0.25) is 10.1 Å². The summed E-state index contributed by atoms with van der Waals surface area (Å²) in [6.45, 7) is 3.31. The molecule has 0 radical (unpaired) electrons. The van der Waals surface area contributed by atoms with Gasteiger partial charge in [0.2, 0.25) is 10.0 Å². The van der Waals surface area contributed by atoms with Gasteiger partial charge in [0.15, 0.2) is 0 Å². The Balaban J connectivity index is 3.29. The zero-order valence-electron chi connectivity index (χ0n) is 11.6. The molecule has 1 atom stereocenters. The first-order chi connectivity index (χ1) is 9.72. The average Bonchev–Trinajstić information content (AvgIpc) is 2.37. The third-order valence-corrected chi connectivity index (χ3v) is 4.87. The molecule has 0 aliphatic carbocycles. The molecular formula is C13H15ClN2O4S. The van der Waals surface area contributed by atoms with Gasteiger partial charge in [0.05, 0.1) is 9.82 Å². The van der Waals surface area contributed by atoms with Crippen molar-refractivity contribution in [2.24, 2.45) is 0 Å². The van der Waals surface area contributed by atoms with Crippen LogP contribution in [0.1, 0.15) is 25.3 Å². The first kappa shape index (κ1) is 17.4. The van der Waals surface area contributed by atoms with E-state index < -0.39 is 26.7 Å². The van der Waals surface area contributed by atoms with Crippen molar-refractivity contribution in [2.75, 3.05) is 0 Å². The molecule has 21 heavy (non-hydrogen) atoms. The number of hydrogen-bond acceptors (Lipinski definition) is 4. The second-order valence-corrected chi connectivity index (χ2v) is 6.55. The van der Waals surface area contributed by atoms with Crippen LogP contribution >= 0.6 is 11.6 Å². The van der Waals surface area contributed by atoms with Gasteiger partial charge in [-0.2, -0.15) is 0 Å². The largest absolute Gasteiger partial charge is 0.289 e. The molecular weight excluding hydrogens is 316 g/mol. The van der Waals surface area contributed by atoms with Gasteiger partial charge >= 0.3 is 0 Å². The minimum absolute atomic E-state index is 0.105. The number of nitro groups is 1. The lowest BCUT2D eigenvalue weighted by atomic mass is 10.2. The quantitative estimate of drug-likeness (QED) is 0.493. The predicted octanol–water partition coefficient (Wildman–Crippen LogP) is 2.64. The summed E-state index contributed by atoms with van der Waals surface area (Å²) >= 11 is 5.75. The normalized spacial score (nSPS) is 12.7. The number of nitrogens with one attached hydrogen (secondary N) is 1. The molecule has 1 N–H and O–H groups in total. The second-order valence-electron chi connectivity index (χ2n) is 4.46. The number of hydrogen-bond donors (Lipinski definition) is 1. The van der Waals surface area contributed by atoms with Crippen LogP contribution in [-0.4, -0.2) is 19.4 Å². The smallest absolute Gasteiger partial charge is 0.258 e. The maximum atomic E-state index is 12.3. The maximum Gasteiger partial charge on any atom is 0.289 e. The van der Waals surface area contributed by atoms with Crippen LogP contribution in [0.5, 0.6) is 0 Å². The summed E-state index contributed by atoms with van der Waals surface area (Å²) in [7, 11) is -3.91. The molecule has 8 heteroatoms. The number of sulfonamides is 1. The summed E-state index contributed by atoms with van der Waals surface area (Å²) in [4.78, 5) is 9.98. The highest BCUT2D eigenvalue weighted by Crippen LogP contribution is 2.30. The van der Waals surface area contributed by atoms with Crippen LogP contribution in [0.15, 0.2) is 17.0 Å². The van der Waals surface area contributed by atoms with E-state index in [2.05, 4.69) is 10.6 Å². The Bertz CT molecular complexity index is 695. The first-order valence-corrected chi connectivity index (χ1v) is 7.99. The van der Waals surface area contributed by atoms with E-state index in [1.54, 1.807) is 6.92 Å². The van der Waals surface area contributed by atoms with E-state index in [1.165, 1.54) is 13.0 Å². The van der Waals surface area contributed by atoms with Gasteiger partial charge in [-0.1, -0.05) is 18.5 Å². The van der Waals surface area contributed by atoms with Crippen LogP contribution in [-0.2, 0) is 10.0 Å². The van der Waals surface area contributed by atoms with Crippen molar-refractivity contribution in [3.8, 4) is 12.3 Å². The Hall–Kier alpha value is -1.62. The molecule has 1 aromatic carbocycles. The zero-order valence-corrected chi connectivity index (χ0v) is 13.2. The lowest BCUT2D eigenvalue weighted by Crippen LogP contribution is -2.34. The lowest BCUT2D eigenvalue weighted by Gasteiger charge is -2.16. The van der Waals surface area contributed by atoms with Crippen LogP contribution in [0, 0.1) is 29.4 Å². The van der Waals surface area contributed by atoms with E-state index >= 15 is 0 Å². The molecule has 6 nitrogen and oxygen atoms in total. The van der Waals surface area contributed by atoms with Gasteiger partial charge in [0.25, 0.3) is 5.69 Å². The van der Waals surface area contributed by atoms with Gasteiger partial charge in [-0.15, -0.1) is 12.3 Å². The van der Waals surface area contributed by atoms with Crippen LogP contribution in [0.2, 0.25) is 5.02 Å². The molecule has 0 aliphatic rings. The number of aryl methyl sites for hydroxylation is 1. The zero-order chi connectivity index (χ0) is 16.2. The fourth-order valence-corrected chi connectivity index (χ4v) is 3.62. The molecule has 0 aromatic heterocycles. The summed E-state index contributed by atoms with van der Waals surface area (Å²) in [5, 5.41) is 10.8. The number of nitro benzene ring substituents is 1. The van der Waals surface area contributed by atoms with Crippen molar-refractivity contribution in [1.82, 2.24) is 4.72 Å². The minimum Gasteiger partial charge on any atom is -0.258 e. The highest BCUT2D eigenvalue weighted by Gasteiger charge is 2.25. The van der Waals surface area contributed by atoms with Crippen LogP contribution < -0.4 is 4.72 Å². The Morgan fingerprint density at radius 3 is 2.62 bits per heavy atom. The van der Waals surface area contributed by atoms with E-state index in [4.69, 9.17) is 18.0 Å². The highest BCUT2D eigenvalue weighted by atomic mass is 35.5. The predicted molar refractivity (Wildman–Crippen MR) is 80.7 cm³/mol. The van der Waals surface area contributed by atoms with Gasteiger partial charge in [-0.25, -0.2) is 13.1 Å². The topological polar surface area (TPSA) is 89.3 Å². The Morgan fingerprint density at radius 1 is 1.52 bits per heavy atom. The van der Waals surface area contributed by atoms with E-state index in [0.717, 1.165) is 6.07 Å². The SMILES string of the molecule is C#CCC(CC)NS(=O)(=O)c1cc([N+](=O)[O-])c(Cl)cc1C. The van der Waals surface area contributed by atoms with Gasteiger partial charge in [-0.05, 0) is 25.0 Å². The maximum absolute atomic E-state index is 12.3. The number of terminal acetylenes is 1. The number of nitrogens with zero attached hydrogens (tertiary/aromatic N) is 1. The molecule has 0 amide bonds. The molecule has 0 saturated heterocycles. The third kappa shape index (κ3) is 4.17. The van der Waals surface area contributed by atoms with Crippen molar-refractivity contribution < 1.29 is 13.3 Å². The summed E-state index contributed by atoms with van der Waals surface area (Å²) in [5.74, 6) is 2.39. The molecule has 0 aliphatic heterocycles. The molecule has 0 heterocycles. The van der Waals surface area contributed by atoms with Gasteiger partial charge in [0, 0.05) is 18.5 Å². The average molecular weight is 331 g/mol. The molecule has 1 unspecified atom stereocenters. The molecule has 1 rings (SSSR count). The summed E-state index contributed by atoms with van der Waals surface area (Å²) < 4.78 is 27.1. The monoisotopic (exact) mass is 330 g/mol. The van der Waals surface area contributed by atoms with Crippen LogP contribution in [0.4, 0.5) is 5.69 Å². The van der Waals surface area contributed by atoms with Crippen molar-refractivity contribution in [3.05, 3.63) is 32.8 Å². The van der Waals surface area contributed by atoms with Crippen LogP contribution in [0.25, 0.3) is 0 Å². The molecule has 114 valence electrons. The molecule has 1 aromatic rings. The standard InChI is InChI=1S/C13H15ClN2O4S/c1-4-6-10(5-2)15-21(19,20)13-8-12(16(17)18)11(14)7-9(13)3/h1,7-8,10,15H,5-6H2,2-3H3. The summed E-state index contributed by atoms with van der Waals surface area (Å²) in [5.41, 5.74) is -0.124. The Morgan fingerprint density at radius 2 is 2.14 bits per heavy atom. The fraction of sp³-hybridized carbons (Fsp3) is 0.385. The van der Waals surface area contributed by atoms with E-state index in [0.29, 0.717) is 12.0 Å². The first-order valence-electron chi connectivity index (χ1n) is 6.13.